The number of aliphatic hydroxyl groups is 1. The summed E-state index contributed by atoms with van der Waals surface area (Å²) in [4.78, 5) is 4.23. The second-order valence-corrected chi connectivity index (χ2v) is 7.48. The molecule has 1 aliphatic heterocycles. The number of hydrogen-bond donors (Lipinski definition) is 1. The molecule has 4 rings (SSSR count). The van der Waals surface area contributed by atoms with Crippen molar-refractivity contribution in [2.45, 2.75) is 31.7 Å². The molecule has 1 N–H and O–H groups in total. The predicted octanol–water partition coefficient (Wildman–Crippen LogP) is 4.79. The molecule has 1 fully saturated rings. The molecule has 1 aromatic heterocycles. The Morgan fingerprint density at radius 3 is 2.48 bits per heavy atom. The lowest BCUT2D eigenvalue weighted by Crippen LogP contribution is -2.24. The maximum Gasteiger partial charge on any atom is 0.0894 e. The third-order valence-corrected chi connectivity index (χ3v) is 5.54. The van der Waals surface area contributed by atoms with E-state index in [4.69, 9.17) is 9.47 Å². The number of aliphatic hydroxyl groups excluding tert-OH is 1. The maximum atomic E-state index is 9.30. The van der Waals surface area contributed by atoms with Crippen LogP contribution >= 0.6 is 0 Å². The van der Waals surface area contributed by atoms with E-state index >= 15 is 0 Å². The summed E-state index contributed by atoms with van der Waals surface area (Å²) in [7, 11) is 0. The lowest BCUT2D eigenvalue weighted by Gasteiger charge is -2.23. The van der Waals surface area contributed by atoms with Gasteiger partial charge in [0.15, 0.2) is 0 Å². The molecule has 0 saturated carbocycles. The fourth-order valence-corrected chi connectivity index (χ4v) is 3.99. The minimum Gasteiger partial charge on any atom is -0.396 e. The Morgan fingerprint density at radius 1 is 0.966 bits per heavy atom. The van der Waals surface area contributed by atoms with Crippen LogP contribution in [0, 0.1) is 5.92 Å². The molecule has 0 unspecified atom stereocenters. The SMILES string of the molecule is OCCC[C@@H]1[C@@H](OCc2ccc(-c3ccccc3)cc2)CO[C@@H]1c1cccnc1. The summed E-state index contributed by atoms with van der Waals surface area (Å²) in [5, 5.41) is 9.30. The lowest BCUT2D eigenvalue weighted by atomic mass is 9.90. The zero-order chi connectivity index (χ0) is 19.9. The molecular weight excluding hydrogens is 362 g/mol. The number of rotatable bonds is 8. The number of hydrogen-bond acceptors (Lipinski definition) is 4. The molecule has 0 spiro atoms. The van der Waals surface area contributed by atoms with Crippen molar-refractivity contribution in [1.82, 2.24) is 4.98 Å². The Morgan fingerprint density at radius 2 is 1.76 bits per heavy atom. The van der Waals surface area contributed by atoms with Gasteiger partial charge in [-0.3, -0.25) is 4.98 Å². The third-order valence-electron chi connectivity index (χ3n) is 5.54. The summed E-state index contributed by atoms with van der Waals surface area (Å²) in [6.45, 7) is 1.31. The normalized spacial score (nSPS) is 21.3. The van der Waals surface area contributed by atoms with Crippen LogP contribution < -0.4 is 0 Å². The quantitative estimate of drug-likeness (QED) is 0.602. The first-order chi connectivity index (χ1) is 14.3. The van der Waals surface area contributed by atoms with Gasteiger partial charge < -0.3 is 14.6 Å². The Labute approximate surface area is 172 Å². The highest BCUT2D eigenvalue weighted by atomic mass is 16.6. The van der Waals surface area contributed by atoms with Gasteiger partial charge >= 0.3 is 0 Å². The van der Waals surface area contributed by atoms with Crippen LogP contribution in [0.5, 0.6) is 0 Å². The zero-order valence-corrected chi connectivity index (χ0v) is 16.5. The molecule has 2 aromatic carbocycles. The molecule has 0 radical (unpaired) electrons. The van der Waals surface area contributed by atoms with Gasteiger partial charge in [-0.25, -0.2) is 0 Å². The van der Waals surface area contributed by atoms with Gasteiger partial charge in [0.1, 0.15) is 0 Å². The van der Waals surface area contributed by atoms with Gasteiger partial charge in [-0.15, -0.1) is 0 Å². The number of aromatic nitrogens is 1. The predicted molar refractivity (Wildman–Crippen MR) is 113 cm³/mol. The second-order valence-electron chi connectivity index (χ2n) is 7.48. The molecule has 2 heterocycles. The van der Waals surface area contributed by atoms with Crippen molar-refractivity contribution in [2.75, 3.05) is 13.2 Å². The van der Waals surface area contributed by atoms with E-state index in [1.165, 1.54) is 11.1 Å². The zero-order valence-electron chi connectivity index (χ0n) is 16.5. The van der Waals surface area contributed by atoms with Crippen LogP contribution in [-0.2, 0) is 16.1 Å². The van der Waals surface area contributed by atoms with Crippen molar-refractivity contribution in [3.05, 3.63) is 90.3 Å². The van der Waals surface area contributed by atoms with Crippen LogP contribution in [0.4, 0.5) is 0 Å². The van der Waals surface area contributed by atoms with E-state index in [1.807, 2.05) is 24.4 Å². The highest BCUT2D eigenvalue weighted by Crippen LogP contribution is 2.39. The van der Waals surface area contributed by atoms with Crippen molar-refractivity contribution in [2.24, 2.45) is 5.92 Å². The van der Waals surface area contributed by atoms with Gasteiger partial charge in [0.2, 0.25) is 0 Å². The average molecular weight is 389 g/mol. The molecule has 3 atom stereocenters. The largest absolute Gasteiger partial charge is 0.396 e. The smallest absolute Gasteiger partial charge is 0.0894 e. The molecule has 1 saturated heterocycles. The van der Waals surface area contributed by atoms with Crippen LogP contribution in [0.2, 0.25) is 0 Å². The molecule has 0 aliphatic carbocycles. The average Bonchev–Trinajstić information content (AvgIpc) is 3.20. The minimum absolute atomic E-state index is 0.0144. The minimum atomic E-state index is -0.0271. The summed E-state index contributed by atoms with van der Waals surface area (Å²) in [5.74, 6) is 0.218. The van der Waals surface area contributed by atoms with Gasteiger partial charge in [0.25, 0.3) is 0 Å². The first-order valence-electron chi connectivity index (χ1n) is 10.2. The topological polar surface area (TPSA) is 51.6 Å². The van der Waals surface area contributed by atoms with E-state index in [0.717, 1.165) is 24.0 Å². The summed E-state index contributed by atoms with van der Waals surface area (Å²) in [5.41, 5.74) is 4.65. The van der Waals surface area contributed by atoms with E-state index in [2.05, 4.69) is 53.5 Å². The van der Waals surface area contributed by atoms with Gasteiger partial charge in [-0.1, -0.05) is 60.7 Å². The number of pyridine rings is 1. The van der Waals surface area contributed by atoms with E-state index in [9.17, 15) is 5.11 Å². The van der Waals surface area contributed by atoms with Gasteiger partial charge in [-0.05, 0) is 41.2 Å². The monoisotopic (exact) mass is 389 g/mol. The first kappa shape index (κ1) is 19.8. The molecule has 0 amide bonds. The number of nitrogens with zero attached hydrogens (tertiary/aromatic N) is 1. The Hall–Kier alpha value is -2.53. The lowest BCUT2D eigenvalue weighted by molar-refractivity contribution is 0.0122. The molecule has 29 heavy (non-hydrogen) atoms. The van der Waals surface area contributed by atoms with Crippen molar-refractivity contribution >= 4 is 0 Å². The van der Waals surface area contributed by atoms with E-state index < -0.39 is 0 Å². The molecule has 4 heteroatoms. The molecule has 1 aliphatic rings. The molecular formula is C25H27NO3. The van der Waals surface area contributed by atoms with Gasteiger partial charge in [0, 0.05) is 24.9 Å². The Kier molecular flexibility index (Phi) is 6.67. The van der Waals surface area contributed by atoms with Crippen molar-refractivity contribution in [3.63, 3.8) is 0 Å². The number of ether oxygens (including phenoxy) is 2. The molecule has 3 aromatic rings. The van der Waals surface area contributed by atoms with Gasteiger partial charge in [-0.2, -0.15) is 0 Å². The number of benzene rings is 2. The van der Waals surface area contributed by atoms with Crippen molar-refractivity contribution in [1.29, 1.82) is 0 Å². The second kappa shape index (κ2) is 9.79. The Bertz CT molecular complexity index is 868. The fourth-order valence-electron chi connectivity index (χ4n) is 3.99. The third kappa shape index (κ3) is 4.91. The first-order valence-corrected chi connectivity index (χ1v) is 10.2. The van der Waals surface area contributed by atoms with Crippen LogP contribution in [0.15, 0.2) is 79.1 Å². The summed E-state index contributed by atoms with van der Waals surface area (Å²) in [6, 6.07) is 22.9. The standard InChI is InChI=1S/C25H27NO3/c27-15-5-9-23-24(18-29-25(23)22-8-4-14-26-16-22)28-17-19-10-12-21(13-11-19)20-6-2-1-3-7-20/h1-4,6-8,10-14,16,23-25,27H,5,9,15,17-18H2/t23-,24+,25-/m1/s1. The Balaban J connectivity index is 1.40. The van der Waals surface area contributed by atoms with E-state index in [0.29, 0.717) is 13.2 Å². The van der Waals surface area contributed by atoms with Crippen molar-refractivity contribution in [3.8, 4) is 11.1 Å². The fraction of sp³-hybridized carbons (Fsp3) is 0.320. The summed E-state index contributed by atoms with van der Waals surface area (Å²) in [6.07, 6.45) is 5.24. The van der Waals surface area contributed by atoms with E-state index in [-0.39, 0.29) is 24.7 Å². The summed E-state index contributed by atoms with van der Waals surface area (Å²) >= 11 is 0. The molecule has 4 nitrogen and oxygen atoms in total. The van der Waals surface area contributed by atoms with Crippen LogP contribution in [-0.4, -0.2) is 29.4 Å². The van der Waals surface area contributed by atoms with Crippen LogP contribution in [0.25, 0.3) is 11.1 Å². The highest BCUT2D eigenvalue weighted by Gasteiger charge is 2.38. The maximum absolute atomic E-state index is 9.30. The van der Waals surface area contributed by atoms with Crippen molar-refractivity contribution < 1.29 is 14.6 Å². The van der Waals surface area contributed by atoms with Gasteiger partial charge in [0.05, 0.1) is 25.4 Å². The highest BCUT2D eigenvalue weighted by molar-refractivity contribution is 5.63. The summed E-state index contributed by atoms with van der Waals surface area (Å²) < 4.78 is 12.3. The molecule has 0 bridgehead atoms. The van der Waals surface area contributed by atoms with E-state index in [1.54, 1.807) is 6.20 Å². The van der Waals surface area contributed by atoms with Crippen LogP contribution in [0.1, 0.15) is 30.1 Å². The molecule has 150 valence electrons. The van der Waals surface area contributed by atoms with Crippen LogP contribution in [0.3, 0.4) is 0 Å².